The van der Waals surface area contributed by atoms with Gasteiger partial charge in [0.2, 0.25) is 0 Å². The first-order valence-electron chi connectivity index (χ1n) is 4.92. The SMILES string of the molecule is CC1CC(O)(c2cn(C)cn2)CN1C. The molecule has 4 heteroatoms. The van der Waals surface area contributed by atoms with Crippen LogP contribution in [0.1, 0.15) is 19.0 Å². The third-order valence-electron chi connectivity index (χ3n) is 3.08. The number of hydrogen-bond donors (Lipinski definition) is 1. The Balaban J connectivity index is 2.26. The van der Waals surface area contributed by atoms with Gasteiger partial charge in [-0.05, 0) is 20.4 Å². The molecule has 2 unspecified atom stereocenters. The molecule has 1 aromatic heterocycles. The molecule has 1 fully saturated rings. The van der Waals surface area contributed by atoms with Crippen LogP contribution in [0, 0.1) is 0 Å². The highest BCUT2D eigenvalue weighted by Gasteiger charge is 2.41. The topological polar surface area (TPSA) is 41.3 Å². The number of aliphatic hydroxyl groups is 1. The summed E-state index contributed by atoms with van der Waals surface area (Å²) in [4.78, 5) is 6.39. The molecule has 1 aromatic rings. The predicted octanol–water partition coefficient (Wildman–Crippen LogP) is 0.332. The van der Waals surface area contributed by atoms with Crippen molar-refractivity contribution in [1.82, 2.24) is 14.5 Å². The monoisotopic (exact) mass is 195 g/mol. The van der Waals surface area contributed by atoms with Gasteiger partial charge in [0.25, 0.3) is 0 Å². The van der Waals surface area contributed by atoms with E-state index in [2.05, 4.69) is 16.8 Å². The van der Waals surface area contributed by atoms with Gasteiger partial charge in [0, 0.05) is 25.8 Å². The summed E-state index contributed by atoms with van der Waals surface area (Å²) in [6.07, 6.45) is 4.39. The van der Waals surface area contributed by atoms with Crippen LogP contribution >= 0.6 is 0 Å². The van der Waals surface area contributed by atoms with E-state index < -0.39 is 5.60 Å². The maximum absolute atomic E-state index is 10.4. The Kier molecular flexibility index (Phi) is 2.12. The van der Waals surface area contributed by atoms with Gasteiger partial charge in [-0.25, -0.2) is 4.98 Å². The predicted molar refractivity (Wildman–Crippen MR) is 53.8 cm³/mol. The highest BCUT2D eigenvalue weighted by Crippen LogP contribution is 2.33. The molecule has 0 amide bonds. The summed E-state index contributed by atoms with van der Waals surface area (Å²) >= 11 is 0. The minimum atomic E-state index is -0.755. The number of likely N-dealkylation sites (N-methyl/N-ethyl adjacent to an activating group) is 1. The Morgan fingerprint density at radius 1 is 1.57 bits per heavy atom. The summed E-state index contributed by atoms with van der Waals surface area (Å²) in [6, 6.07) is 0.419. The molecule has 1 saturated heterocycles. The molecule has 0 radical (unpaired) electrons. The van der Waals surface area contributed by atoms with Gasteiger partial charge < -0.3 is 14.6 Å². The van der Waals surface area contributed by atoms with Crippen molar-refractivity contribution in [3.05, 3.63) is 18.2 Å². The van der Waals surface area contributed by atoms with Crippen LogP contribution in [0.15, 0.2) is 12.5 Å². The molecule has 0 spiro atoms. The van der Waals surface area contributed by atoms with E-state index in [9.17, 15) is 5.11 Å². The second-order valence-corrected chi connectivity index (χ2v) is 4.42. The number of nitrogens with zero attached hydrogens (tertiary/aromatic N) is 3. The van der Waals surface area contributed by atoms with Gasteiger partial charge in [0.05, 0.1) is 12.0 Å². The van der Waals surface area contributed by atoms with E-state index in [-0.39, 0.29) is 0 Å². The zero-order valence-electron chi connectivity index (χ0n) is 8.94. The van der Waals surface area contributed by atoms with Gasteiger partial charge in [-0.3, -0.25) is 0 Å². The second kappa shape index (κ2) is 3.07. The number of β-amino-alcohol motifs (C(OH)–C–C–N with tert-alkyl or cyclic N) is 1. The normalized spacial score (nSPS) is 33.9. The Morgan fingerprint density at radius 2 is 2.29 bits per heavy atom. The van der Waals surface area contributed by atoms with Crippen molar-refractivity contribution in [2.45, 2.75) is 25.0 Å². The van der Waals surface area contributed by atoms with Crippen molar-refractivity contribution in [1.29, 1.82) is 0 Å². The lowest BCUT2D eigenvalue weighted by Gasteiger charge is -2.19. The summed E-state index contributed by atoms with van der Waals surface area (Å²) in [5, 5.41) is 10.4. The van der Waals surface area contributed by atoms with Gasteiger partial charge >= 0.3 is 0 Å². The van der Waals surface area contributed by atoms with Crippen molar-refractivity contribution in [2.24, 2.45) is 7.05 Å². The molecule has 0 saturated carbocycles. The number of aromatic nitrogens is 2. The lowest BCUT2D eigenvalue weighted by atomic mass is 9.97. The van der Waals surface area contributed by atoms with E-state index in [1.807, 2.05) is 24.9 Å². The van der Waals surface area contributed by atoms with Crippen LogP contribution in [0.3, 0.4) is 0 Å². The van der Waals surface area contributed by atoms with Crippen LogP contribution in [0.25, 0.3) is 0 Å². The van der Waals surface area contributed by atoms with Crippen molar-refractivity contribution in [2.75, 3.05) is 13.6 Å². The number of likely N-dealkylation sites (tertiary alicyclic amines) is 1. The van der Waals surface area contributed by atoms with Crippen LogP contribution in [0.2, 0.25) is 0 Å². The van der Waals surface area contributed by atoms with E-state index in [1.165, 1.54) is 0 Å². The first-order chi connectivity index (χ1) is 6.51. The fourth-order valence-corrected chi connectivity index (χ4v) is 2.12. The van der Waals surface area contributed by atoms with Crippen molar-refractivity contribution in [3.8, 4) is 0 Å². The number of aryl methyl sites for hydroxylation is 1. The van der Waals surface area contributed by atoms with E-state index in [0.29, 0.717) is 12.6 Å². The smallest absolute Gasteiger partial charge is 0.122 e. The minimum absolute atomic E-state index is 0.419. The molecule has 14 heavy (non-hydrogen) atoms. The summed E-state index contributed by atoms with van der Waals surface area (Å²) in [6.45, 7) is 2.80. The largest absolute Gasteiger partial charge is 0.382 e. The number of hydrogen-bond acceptors (Lipinski definition) is 3. The second-order valence-electron chi connectivity index (χ2n) is 4.42. The average molecular weight is 195 g/mol. The summed E-state index contributed by atoms with van der Waals surface area (Å²) in [5.41, 5.74) is 0.0336. The average Bonchev–Trinajstić information content (AvgIpc) is 2.60. The molecular formula is C10H17N3O. The summed E-state index contributed by atoms with van der Waals surface area (Å²) in [5.74, 6) is 0. The third-order valence-corrected chi connectivity index (χ3v) is 3.08. The Hall–Kier alpha value is -0.870. The van der Waals surface area contributed by atoms with Gasteiger partial charge in [-0.15, -0.1) is 0 Å². The molecular weight excluding hydrogens is 178 g/mol. The van der Waals surface area contributed by atoms with E-state index in [0.717, 1.165) is 12.1 Å². The molecule has 1 aliphatic heterocycles. The van der Waals surface area contributed by atoms with Crippen LogP contribution in [0.4, 0.5) is 0 Å². The molecule has 1 aliphatic rings. The fraction of sp³-hybridized carbons (Fsp3) is 0.700. The lowest BCUT2D eigenvalue weighted by Crippen LogP contribution is -2.29. The highest BCUT2D eigenvalue weighted by atomic mass is 16.3. The van der Waals surface area contributed by atoms with Gasteiger partial charge in [-0.1, -0.05) is 0 Å². The lowest BCUT2D eigenvalue weighted by molar-refractivity contribution is 0.0444. The van der Waals surface area contributed by atoms with Gasteiger partial charge in [0.1, 0.15) is 5.60 Å². The first-order valence-corrected chi connectivity index (χ1v) is 4.92. The van der Waals surface area contributed by atoms with Crippen molar-refractivity contribution in [3.63, 3.8) is 0 Å². The van der Waals surface area contributed by atoms with Crippen molar-refractivity contribution < 1.29 is 5.11 Å². The zero-order valence-corrected chi connectivity index (χ0v) is 8.94. The molecule has 2 heterocycles. The molecule has 78 valence electrons. The Morgan fingerprint density at radius 3 is 2.71 bits per heavy atom. The van der Waals surface area contributed by atoms with Crippen LogP contribution < -0.4 is 0 Å². The molecule has 2 atom stereocenters. The van der Waals surface area contributed by atoms with Gasteiger partial charge in [-0.2, -0.15) is 0 Å². The summed E-state index contributed by atoms with van der Waals surface area (Å²) < 4.78 is 1.87. The standard InChI is InChI=1S/C10H17N3O/c1-8-4-10(14,6-13(8)3)9-5-12(2)7-11-9/h5,7-8,14H,4,6H2,1-3H3. The Labute approximate surface area is 84.2 Å². The van der Waals surface area contributed by atoms with Crippen molar-refractivity contribution >= 4 is 0 Å². The first kappa shape index (κ1) is 9.68. The third kappa shape index (κ3) is 1.44. The maximum atomic E-state index is 10.4. The fourth-order valence-electron chi connectivity index (χ4n) is 2.12. The van der Waals surface area contributed by atoms with Crippen LogP contribution in [-0.2, 0) is 12.6 Å². The van der Waals surface area contributed by atoms with Crippen LogP contribution in [0.5, 0.6) is 0 Å². The summed E-state index contributed by atoms with van der Waals surface area (Å²) in [7, 11) is 3.95. The highest BCUT2D eigenvalue weighted by molar-refractivity contribution is 5.13. The quantitative estimate of drug-likeness (QED) is 0.702. The molecule has 0 bridgehead atoms. The van der Waals surface area contributed by atoms with Gasteiger partial charge in [0.15, 0.2) is 0 Å². The maximum Gasteiger partial charge on any atom is 0.122 e. The van der Waals surface area contributed by atoms with E-state index in [1.54, 1.807) is 6.33 Å². The number of imidazole rings is 1. The zero-order chi connectivity index (χ0) is 10.3. The molecule has 1 N–H and O–H groups in total. The van der Waals surface area contributed by atoms with E-state index >= 15 is 0 Å². The van der Waals surface area contributed by atoms with E-state index in [4.69, 9.17) is 0 Å². The minimum Gasteiger partial charge on any atom is -0.382 e. The molecule has 2 rings (SSSR count). The molecule has 4 nitrogen and oxygen atoms in total. The Bertz CT molecular complexity index is 324. The van der Waals surface area contributed by atoms with Crippen LogP contribution in [-0.4, -0.2) is 39.2 Å². The number of rotatable bonds is 1. The molecule has 0 aromatic carbocycles. The molecule has 0 aliphatic carbocycles.